The highest BCUT2D eigenvalue weighted by Gasteiger charge is 2.23. The molecule has 2 aromatic carbocycles. The summed E-state index contributed by atoms with van der Waals surface area (Å²) in [6, 6.07) is 13.4. The van der Waals surface area contributed by atoms with Gasteiger partial charge in [-0.3, -0.25) is 0 Å². The number of halogens is 3. The van der Waals surface area contributed by atoms with Gasteiger partial charge in [0.25, 0.3) is 0 Å². The van der Waals surface area contributed by atoms with Gasteiger partial charge in [-0.1, -0.05) is 53.0 Å². The van der Waals surface area contributed by atoms with E-state index < -0.39 is 0 Å². The van der Waals surface area contributed by atoms with E-state index in [1.165, 1.54) is 5.56 Å². The normalized spacial score (nSPS) is 13.9. The predicted molar refractivity (Wildman–Crippen MR) is 105 cm³/mol. The summed E-state index contributed by atoms with van der Waals surface area (Å²) in [5.41, 5.74) is 3.98. The summed E-state index contributed by atoms with van der Waals surface area (Å²) in [7, 11) is 0. The van der Waals surface area contributed by atoms with Crippen LogP contribution in [0.25, 0.3) is 16.9 Å². The van der Waals surface area contributed by atoms with E-state index in [-0.39, 0.29) is 0 Å². The highest BCUT2D eigenvalue weighted by Crippen LogP contribution is 2.37. The molecule has 1 N–H and O–H groups in total. The zero-order chi connectivity index (χ0) is 17.4. The van der Waals surface area contributed by atoms with E-state index in [4.69, 9.17) is 39.9 Å². The van der Waals surface area contributed by atoms with E-state index in [1.807, 2.05) is 41.1 Å². The van der Waals surface area contributed by atoms with Crippen molar-refractivity contribution >= 4 is 40.6 Å². The Bertz CT molecular complexity index is 916. The number of hydrogen-bond acceptors (Lipinski definition) is 2. The van der Waals surface area contributed by atoms with E-state index in [2.05, 4.69) is 5.32 Å². The fourth-order valence-electron chi connectivity index (χ4n) is 3.17. The van der Waals surface area contributed by atoms with Gasteiger partial charge in [0.2, 0.25) is 0 Å². The average Bonchev–Trinajstić information content (AvgIpc) is 2.80. The van der Waals surface area contributed by atoms with Crippen LogP contribution < -0.4 is 5.32 Å². The zero-order valence-corrected chi connectivity index (χ0v) is 15.7. The molecule has 0 radical (unpaired) electrons. The molecule has 0 saturated carbocycles. The van der Waals surface area contributed by atoms with Gasteiger partial charge in [0.1, 0.15) is 5.82 Å². The first-order valence-electron chi connectivity index (χ1n) is 8.21. The Morgan fingerprint density at radius 2 is 1.76 bits per heavy atom. The molecule has 25 heavy (non-hydrogen) atoms. The van der Waals surface area contributed by atoms with Crippen LogP contribution in [0.2, 0.25) is 15.1 Å². The molecule has 0 spiro atoms. The van der Waals surface area contributed by atoms with Crippen LogP contribution in [0.4, 0.5) is 5.82 Å². The summed E-state index contributed by atoms with van der Waals surface area (Å²) in [5, 5.41) is 10.1. The van der Waals surface area contributed by atoms with Gasteiger partial charge in [-0.2, -0.15) is 5.10 Å². The standard InChI is InChI=1S/C19H16Cl3N3/c20-13-9-7-12(8-10-13)18-14-4-1-2-11-23-19(14)25(24-18)16-6-3-5-15(21)17(16)22/h3,5-10,23H,1-2,4,11H2. The Morgan fingerprint density at radius 1 is 0.960 bits per heavy atom. The van der Waals surface area contributed by atoms with Gasteiger partial charge < -0.3 is 5.32 Å². The Labute approximate surface area is 161 Å². The lowest BCUT2D eigenvalue weighted by atomic mass is 10.0. The average molecular weight is 393 g/mol. The third-order valence-corrected chi connectivity index (χ3v) is 5.47. The molecule has 0 unspecified atom stereocenters. The monoisotopic (exact) mass is 391 g/mol. The molecule has 6 heteroatoms. The van der Waals surface area contributed by atoms with Crippen molar-refractivity contribution in [1.82, 2.24) is 9.78 Å². The van der Waals surface area contributed by atoms with Crippen LogP contribution in [0, 0.1) is 0 Å². The van der Waals surface area contributed by atoms with Gasteiger partial charge in [-0.05, 0) is 43.5 Å². The molecule has 0 aliphatic carbocycles. The number of hydrogen-bond donors (Lipinski definition) is 1. The Morgan fingerprint density at radius 3 is 2.56 bits per heavy atom. The van der Waals surface area contributed by atoms with Crippen molar-refractivity contribution in [3.63, 3.8) is 0 Å². The fourth-order valence-corrected chi connectivity index (χ4v) is 3.67. The van der Waals surface area contributed by atoms with Crippen molar-refractivity contribution in [3.05, 3.63) is 63.1 Å². The lowest BCUT2D eigenvalue weighted by molar-refractivity contribution is 0.780. The third-order valence-electron chi connectivity index (χ3n) is 4.41. The van der Waals surface area contributed by atoms with E-state index >= 15 is 0 Å². The number of nitrogens with one attached hydrogen (secondary N) is 1. The van der Waals surface area contributed by atoms with E-state index in [9.17, 15) is 0 Å². The summed E-state index contributed by atoms with van der Waals surface area (Å²) in [6.45, 7) is 0.914. The van der Waals surface area contributed by atoms with Crippen LogP contribution in [0.3, 0.4) is 0 Å². The summed E-state index contributed by atoms with van der Waals surface area (Å²) in [6.07, 6.45) is 3.21. The van der Waals surface area contributed by atoms with E-state index in [1.54, 1.807) is 6.07 Å². The number of nitrogens with zero attached hydrogens (tertiary/aromatic N) is 2. The molecule has 1 aliphatic heterocycles. The fraction of sp³-hybridized carbons (Fsp3) is 0.211. The number of rotatable bonds is 2. The first-order chi connectivity index (χ1) is 12.1. The van der Waals surface area contributed by atoms with Gasteiger partial charge in [-0.25, -0.2) is 4.68 Å². The molecular formula is C19H16Cl3N3. The highest BCUT2D eigenvalue weighted by molar-refractivity contribution is 6.43. The minimum Gasteiger partial charge on any atom is -0.370 e. The second-order valence-corrected chi connectivity index (χ2v) is 7.27. The van der Waals surface area contributed by atoms with Crippen molar-refractivity contribution in [2.24, 2.45) is 0 Å². The van der Waals surface area contributed by atoms with E-state index in [0.717, 1.165) is 48.6 Å². The lowest BCUT2D eigenvalue weighted by Gasteiger charge is -2.11. The van der Waals surface area contributed by atoms with Crippen LogP contribution in [0.15, 0.2) is 42.5 Å². The quantitative estimate of drug-likeness (QED) is 0.559. The molecule has 1 aliphatic rings. The topological polar surface area (TPSA) is 29.9 Å². The summed E-state index contributed by atoms with van der Waals surface area (Å²) in [4.78, 5) is 0. The second kappa shape index (κ2) is 6.91. The summed E-state index contributed by atoms with van der Waals surface area (Å²) in [5.74, 6) is 0.992. The van der Waals surface area contributed by atoms with Crippen molar-refractivity contribution < 1.29 is 0 Å². The zero-order valence-electron chi connectivity index (χ0n) is 13.4. The maximum Gasteiger partial charge on any atom is 0.133 e. The van der Waals surface area contributed by atoms with Crippen molar-refractivity contribution in [1.29, 1.82) is 0 Å². The van der Waals surface area contributed by atoms with E-state index in [0.29, 0.717) is 15.1 Å². The smallest absolute Gasteiger partial charge is 0.133 e. The number of aromatic nitrogens is 2. The largest absolute Gasteiger partial charge is 0.370 e. The number of anilines is 1. The molecular weight excluding hydrogens is 377 g/mol. The van der Waals surface area contributed by atoms with Crippen LogP contribution in [-0.2, 0) is 6.42 Å². The molecule has 0 saturated heterocycles. The molecule has 0 fully saturated rings. The maximum atomic E-state index is 6.45. The molecule has 0 bridgehead atoms. The first-order valence-corrected chi connectivity index (χ1v) is 9.34. The minimum atomic E-state index is 0.503. The maximum absolute atomic E-state index is 6.45. The summed E-state index contributed by atoms with van der Waals surface area (Å²) < 4.78 is 1.87. The van der Waals surface area contributed by atoms with Gasteiger partial charge in [0, 0.05) is 22.7 Å². The first kappa shape index (κ1) is 16.8. The highest BCUT2D eigenvalue weighted by atomic mass is 35.5. The van der Waals surface area contributed by atoms with Crippen LogP contribution in [0.1, 0.15) is 18.4 Å². The Balaban J connectivity index is 1.93. The number of fused-ring (bicyclic) bond motifs is 1. The Hall–Kier alpha value is -1.68. The predicted octanol–water partition coefficient (Wildman–Crippen LogP) is 6.25. The minimum absolute atomic E-state index is 0.503. The van der Waals surface area contributed by atoms with Crippen LogP contribution in [0.5, 0.6) is 0 Å². The van der Waals surface area contributed by atoms with Crippen molar-refractivity contribution in [2.75, 3.05) is 11.9 Å². The summed E-state index contributed by atoms with van der Waals surface area (Å²) >= 11 is 18.7. The van der Waals surface area contributed by atoms with Crippen molar-refractivity contribution in [2.45, 2.75) is 19.3 Å². The molecule has 1 aromatic heterocycles. The molecule has 3 aromatic rings. The lowest BCUT2D eigenvalue weighted by Crippen LogP contribution is -2.07. The second-order valence-electron chi connectivity index (χ2n) is 6.05. The van der Waals surface area contributed by atoms with Gasteiger partial charge in [-0.15, -0.1) is 0 Å². The SMILES string of the molecule is Clc1ccc(-c2nn(-c3cccc(Cl)c3Cl)c3c2CCCCN3)cc1. The molecule has 2 heterocycles. The van der Waals surface area contributed by atoms with Crippen LogP contribution >= 0.6 is 34.8 Å². The molecule has 4 rings (SSSR count). The van der Waals surface area contributed by atoms with Gasteiger partial charge in [0.05, 0.1) is 21.4 Å². The Kier molecular flexibility index (Phi) is 4.63. The molecule has 0 atom stereocenters. The molecule has 3 nitrogen and oxygen atoms in total. The molecule has 128 valence electrons. The molecule has 0 amide bonds. The number of benzene rings is 2. The van der Waals surface area contributed by atoms with Gasteiger partial charge in [0.15, 0.2) is 0 Å². The van der Waals surface area contributed by atoms with Gasteiger partial charge >= 0.3 is 0 Å². The third kappa shape index (κ3) is 3.12. The van der Waals surface area contributed by atoms with Crippen molar-refractivity contribution in [3.8, 4) is 16.9 Å². The van der Waals surface area contributed by atoms with Crippen LogP contribution in [-0.4, -0.2) is 16.3 Å².